The Morgan fingerprint density at radius 3 is 2.48 bits per heavy atom. The third-order valence-corrected chi connectivity index (χ3v) is 2.85. The molecule has 0 radical (unpaired) electrons. The highest BCUT2D eigenvalue weighted by Crippen LogP contribution is 2.35. The normalized spacial score (nSPS) is 13.0. The number of benzene rings is 1. The summed E-state index contributed by atoms with van der Waals surface area (Å²) in [5.74, 6) is -0.561. The molecule has 1 N–H and O–H groups in total. The van der Waals surface area contributed by atoms with Crippen molar-refractivity contribution in [3.8, 4) is 0 Å². The molecule has 1 amide bonds. The summed E-state index contributed by atoms with van der Waals surface area (Å²) in [6, 6.07) is 7.17. The van der Waals surface area contributed by atoms with E-state index in [1.54, 1.807) is 6.07 Å². The Labute approximate surface area is 121 Å². The number of hydrogen-bond donors (Lipinski definition) is 1. The second-order valence-electron chi connectivity index (χ2n) is 4.54. The molecular formula is C14H18F3NO3. The van der Waals surface area contributed by atoms with E-state index in [4.69, 9.17) is 9.84 Å². The molecule has 0 saturated heterocycles. The summed E-state index contributed by atoms with van der Waals surface area (Å²) in [6.45, 7) is -0.491. The second kappa shape index (κ2) is 7.99. The van der Waals surface area contributed by atoms with Crippen LogP contribution in [0.3, 0.4) is 0 Å². The van der Waals surface area contributed by atoms with Crippen LogP contribution in [0.25, 0.3) is 0 Å². The molecule has 0 heterocycles. The smallest absolute Gasteiger partial charge is 0.396 e. The molecule has 1 aromatic carbocycles. The lowest BCUT2D eigenvalue weighted by atomic mass is 10.1. The average molecular weight is 305 g/mol. The van der Waals surface area contributed by atoms with Gasteiger partial charge in [-0.3, -0.25) is 4.79 Å². The molecule has 118 valence electrons. The number of carbonyl (C=O) groups excluding carboxylic acids is 1. The molecule has 0 aliphatic heterocycles. The number of aliphatic hydroxyl groups is 1. The van der Waals surface area contributed by atoms with E-state index in [0.717, 1.165) is 0 Å². The Hall–Kier alpha value is -1.60. The Balaban J connectivity index is 2.65. The molecule has 0 unspecified atom stereocenters. The van der Waals surface area contributed by atoms with Crippen LogP contribution in [0.15, 0.2) is 30.3 Å². The molecule has 0 aromatic heterocycles. The van der Waals surface area contributed by atoms with Crippen molar-refractivity contribution in [1.29, 1.82) is 0 Å². The third kappa shape index (κ3) is 5.73. The summed E-state index contributed by atoms with van der Waals surface area (Å²) < 4.78 is 43.7. The van der Waals surface area contributed by atoms with E-state index in [9.17, 15) is 18.0 Å². The highest BCUT2D eigenvalue weighted by molar-refractivity contribution is 5.77. The van der Waals surface area contributed by atoms with Gasteiger partial charge in [-0.2, -0.15) is 13.2 Å². The fourth-order valence-electron chi connectivity index (χ4n) is 1.70. The van der Waals surface area contributed by atoms with Crippen LogP contribution in [0, 0.1) is 0 Å². The fraction of sp³-hybridized carbons (Fsp3) is 0.500. The summed E-state index contributed by atoms with van der Waals surface area (Å²) >= 11 is 0. The van der Waals surface area contributed by atoms with E-state index >= 15 is 0 Å². The first-order chi connectivity index (χ1) is 9.86. The van der Waals surface area contributed by atoms with Crippen LogP contribution in [0.5, 0.6) is 0 Å². The molecule has 0 aliphatic carbocycles. The molecule has 0 fully saturated rings. The SMILES string of the molecule is CN(CCCO)C(=O)CO[C@@H](c1ccccc1)C(F)(F)F. The van der Waals surface area contributed by atoms with Crippen LogP contribution in [0.2, 0.25) is 0 Å². The van der Waals surface area contributed by atoms with Crippen molar-refractivity contribution in [3.63, 3.8) is 0 Å². The van der Waals surface area contributed by atoms with E-state index in [1.165, 1.54) is 36.2 Å². The molecule has 7 heteroatoms. The van der Waals surface area contributed by atoms with E-state index in [-0.39, 0.29) is 18.7 Å². The van der Waals surface area contributed by atoms with Gasteiger partial charge in [-0.1, -0.05) is 30.3 Å². The number of amides is 1. The first-order valence-electron chi connectivity index (χ1n) is 6.44. The molecular weight excluding hydrogens is 287 g/mol. The van der Waals surface area contributed by atoms with Crippen LogP contribution in [-0.2, 0) is 9.53 Å². The summed E-state index contributed by atoms with van der Waals surface area (Å²) in [5.41, 5.74) is -0.0455. The van der Waals surface area contributed by atoms with Crippen LogP contribution < -0.4 is 0 Å². The van der Waals surface area contributed by atoms with Crippen LogP contribution in [0.4, 0.5) is 13.2 Å². The number of aliphatic hydroxyl groups excluding tert-OH is 1. The minimum atomic E-state index is -4.59. The minimum Gasteiger partial charge on any atom is -0.396 e. The van der Waals surface area contributed by atoms with Crippen molar-refractivity contribution in [2.45, 2.75) is 18.7 Å². The molecule has 0 aliphatic rings. The second-order valence-corrected chi connectivity index (χ2v) is 4.54. The number of likely N-dealkylation sites (N-methyl/N-ethyl adjacent to an activating group) is 1. The number of hydrogen-bond acceptors (Lipinski definition) is 3. The minimum absolute atomic E-state index is 0.0455. The summed E-state index contributed by atoms with van der Waals surface area (Å²) in [4.78, 5) is 12.9. The van der Waals surface area contributed by atoms with Gasteiger partial charge in [0, 0.05) is 20.2 Å². The molecule has 1 rings (SSSR count). The molecule has 0 spiro atoms. The Morgan fingerprint density at radius 1 is 1.33 bits per heavy atom. The van der Waals surface area contributed by atoms with Crippen molar-refractivity contribution in [2.24, 2.45) is 0 Å². The van der Waals surface area contributed by atoms with E-state index in [1.807, 2.05) is 0 Å². The van der Waals surface area contributed by atoms with Gasteiger partial charge in [0.1, 0.15) is 6.61 Å². The molecule has 21 heavy (non-hydrogen) atoms. The first kappa shape index (κ1) is 17.5. The van der Waals surface area contributed by atoms with Crippen LogP contribution in [-0.4, -0.2) is 48.9 Å². The Kier molecular flexibility index (Phi) is 6.64. The predicted octanol–water partition coefficient (Wildman–Crippen LogP) is 2.15. The van der Waals surface area contributed by atoms with Crippen molar-refractivity contribution in [1.82, 2.24) is 4.90 Å². The lowest BCUT2D eigenvalue weighted by Gasteiger charge is -2.23. The highest BCUT2D eigenvalue weighted by Gasteiger charge is 2.42. The summed E-state index contributed by atoms with van der Waals surface area (Å²) in [7, 11) is 1.45. The lowest BCUT2D eigenvalue weighted by molar-refractivity contribution is -0.224. The number of nitrogens with zero attached hydrogens (tertiary/aromatic N) is 1. The van der Waals surface area contributed by atoms with E-state index < -0.39 is 24.8 Å². The van der Waals surface area contributed by atoms with Gasteiger partial charge < -0.3 is 14.7 Å². The first-order valence-corrected chi connectivity index (χ1v) is 6.44. The highest BCUT2D eigenvalue weighted by atomic mass is 19.4. The topological polar surface area (TPSA) is 49.8 Å². The van der Waals surface area contributed by atoms with Crippen LogP contribution in [0.1, 0.15) is 18.1 Å². The van der Waals surface area contributed by atoms with Gasteiger partial charge in [0.2, 0.25) is 5.91 Å². The maximum Gasteiger partial charge on any atom is 0.418 e. The van der Waals surface area contributed by atoms with E-state index in [0.29, 0.717) is 6.42 Å². The number of ether oxygens (including phenoxy) is 1. The molecule has 1 aromatic rings. The van der Waals surface area contributed by atoms with Gasteiger partial charge >= 0.3 is 6.18 Å². The van der Waals surface area contributed by atoms with Crippen LogP contribution >= 0.6 is 0 Å². The lowest BCUT2D eigenvalue weighted by Crippen LogP contribution is -2.34. The molecule has 0 saturated carbocycles. The monoisotopic (exact) mass is 305 g/mol. The standard InChI is InChI=1S/C14H18F3NO3/c1-18(8-5-9-19)12(20)10-21-13(14(15,16)17)11-6-3-2-4-7-11/h2-4,6-7,13,19H,5,8-10H2,1H3/t13-/m0/s1. The van der Waals surface area contributed by atoms with Crippen molar-refractivity contribution in [3.05, 3.63) is 35.9 Å². The maximum absolute atomic E-state index is 13.0. The number of alkyl halides is 3. The fourth-order valence-corrected chi connectivity index (χ4v) is 1.70. The van der Waals surface area contributed by atoms with Crippen molar-refractivity contribution < 1.29 is 27.8 Å². The largest absolute Gasteiger partial charge is 0.418 e. The quantitative estimate of drug-likeness (QED) is 0.840. The maximum atomic E-state index is 13.0. The summed E-state index contributed by atoms with van der Waals surface area (Å²) in [5, 5.41) is 8.65. The Bertz CT molecular complexity index is 437. The Morgan fingerprint density at radius 2 is 1.95 bits per heavy atom. The number of carbonyl (C=O) groups is 1. The zero-order chi connectivity index (χ0) is 15.9. The molecule has 4 nitrogen and oxygen atoms in total. The zero-order valence-electron chi connectivity index (χ0n) is 11.6. The third-order valence-electron chi connectivity index (χ3n) is 2.85. The predicted molar refractivity (Wildman–Crippen MR) is 70.5 cm³/mol. The molecule has 1 atom stereocenters. The van der Waals surface area contributed by atoms with Gasteiger partial charge in [-0.15, -0.1) is 0 Å². The zero-order valence-corrected chi connectivity index (χ0v) is 11.6. The van der Waals surface area contributed by atoms with E-state index in [2.05, 4.69) is 0 Å². The number of rotatable bonds is 7. The van der Waals surface area contributed by atoms with Gasteiger partial charge in [-0.25, -0.2) is 0 Å². The van der Waals surface area contributed by atoms with Crippen molar-refractivity contribution >= 4 is 5.91 Å². The summed E-state index contributed by atoms with van der Waals surface area (Å²) in [6.07, 6.45) is -6.36. The van der Waals surface area contributed by atoms with Gasteiger partial charge in [-0.05, 0) is 12.0 Å². The van der Waals surface area contributed by atoms with Gasteiger partial charge in [0.25, 0.3) is 0 Å². The molecule has 0 bridgehead atoms. The van der Waals surface area contributed by atoms with Gasteiger partial charge in [0.05, 0.1) is 0 Å². The average Bonchev–Trinajstić information content (AvgIpc) is 2.44. The van der Waals surface area contributed by atoms with Crippen molar-refractivity contribution in [2.75, 3.05) is 26.8 Å². The van der Waals surface area contributed by atoms with Gasteiger partial charge in [0.15, 0.2) is 6.10 Å². The number of halogens is 3.